The molecule has 3 saturated heterocycles. The van der Waals surface area contributed by atoms with Crippen molar-refractivity contribution in [3.8, 4) is 35.4 Å². The van der Waals surface area contributed by atoms with E-state index < -0.39 is 17.8 Å². The monoisotopic (exact) mass is 621 g/mol. The Balaban J connectivity index is 0.000000337. The second-order valence-electron chi connectivity index (χ2n) is 11.4. The molecule has 2 aromatic carbocycles. The van der Waals surface area contributed by atoms with Gasteiger partial charge in [0, 0.05) is 43.4 Å². The van der Waals surface area contributed by atoms with Gasteiger partial charge < -0.3 is 24.2 Å². The van der Waals surface area contributed by atoms with E-state index in [-0.39, 0.29) is 45.5 Å². The standard InChI is InChI=1S/C26H22F2N4O4.C7H12FN/c1-4-17-20(27)6-5-14-9-16(33)10-18(21(14)17)23-22(28)24-19(11-29-23)25(31-26(30-24)35-3)32-7-8-36-13-15(32)12-34-2;8-6-4-7-2-1-3-9(7)5-6/h1,5-6,9-11,15,33H,7-8,12-13H2,2-3H3;6-7H,1-5H2. The Labute approximate surface area is 258 Å². The number of halogens is 3. The second-order valence-corrected chi connectivity index (χ2v) is 11.4. The maximum absolute atomic E-state index is 16.2. The predicted octanol–water partition coefficient (Wildman–Crippen LogP) is 4.86. The molecule has 45 heavy (non-hydrogen) atoms. The molecule has 4 aromatic rings. The Bertz CT molecular complexity index is 1750. The molecule has 2 aromatic heterocycles. The van der Waals surface area contributed by atoms with Gasteiger partial charge in [-0.1, -0.05) is 12.0 Å². The molecule has 0 spiro atoms. The van der Waals surface area contributed by atoms with E-state index in [1.54, 1.807) is 7.11 Å². The number of anilines is 1. The molecule has 3 aliphatic rings. The molecule has 9 nitrogen and oxygen atoms in total. The van der Waals surface area contributed by atoms with Crippen LogP contribution in [0.2, 0.25) is 0 Å². The van der Waals surface area contributed by atoms with Crippen LogP contribution in [0.3, 0.4) is 0 Å². The third kappa shape index (κ3) is 5.95. The Morgan fingerprint density at radius 2 is 2.02 bits per heavy atom. The third-order valence-electron chi connectivity index (χ3n) is 8.60. The number of rotatable bonds is 5. The van der Waals surface area contributed by atoms with Crippen LogP contribution in [0, 0.1) is 24.0 Å². The van der Waals surface area contributed by atoms with Crippen molar-refractivity contribution < 1.29 is 32.5 Å². The summed E-state index contributed by atoms with van der Waals surface area (Å²) in [6, 6.07) is 5.81. The number of aromatic nitrogens is 3. The van der Waals surface area contributed by atoms with Gasteiger partial charge in [0.15, 0.2) is 5.82 Å². The van der Waals surface area contributed by atoms with Gasteiger partial charge in [-0.2, -0.15) is 9.97 Å². The summed E-state index contributed by atoms with van der Waals surface area (Å²) in [6.45, 7) is 3.59. The number of methoxy groups -OCH3 is 2. The maximum Gasteiger partial charge on any atom is 0.318 e. The number of benzene rings is 2. The topological polar surface area (TPSA) is 93.1 Å². The molecule has 3 atom stereocenters. The van der Waals surface area contributed by atoms with E-state index in [1.165, 1.54) is 50.4 Å². The smallest absolute Gasteiger partial charge is 0.318 e. The molecule has 0 radical (unpaired) electrons. The Morgan fingerprint density at radius 1 is 1.18 bits per heavy atom. The Kier molecular flexibility index (Phi) is 8.94. The van der Waals surface area contributed by atoms with E-state index in [0.717, 1.165) is 13.0 Å². The fourth-order valence-corrected chi connectivity index (χ4v) is 6.56. The first-order valence-electron chi connectivity index (χ1n) is 14.9. The van der Waals surface area contributed by atoms with Gasteiger partial charge in [-0.05, 0) is 49.4 Å². The average molecular weight is 622 g/mol. The summed E-state index contributed by atoms with van der Waals surface area (Å²) in [5.41, 5.74) is -0.104. The van der Waals surface area contributed by atoms with Gasteiger partial charge in [-0.3, -0.25) is 9.88 Å². The highest BCUT2D eigenvalue weighted by molar-refractivity contribution is 6.03. The number of pyridine rings is 1. The lowest BCUT2D eigenvalue weighted by molar-refractivity contribution is 0.0599. The zero-order chi connectivity index (χ0) is 31.7. The van der Waals surface area contributed by atoms with Crippen LogP contribution in [0.15, 0.2) is 30.5 Å². The fraction of sp³-hybridized carbons (Fsp3) is 0.424. The molecule has 0 bridgehead atoms. The molecule has 7 rings (SSSR count). The third-order valence-corrected chi connectivity index (χ3v) is 8.60. The molecule has 12 heteroatoms. The summed E-state index contributed by atoms with van der Waals surface area (Å²) >= 11 is 0. The number of ether oxygens (including phenoxy) is 3. The molecule has 5 heterocycles. The summed E-state index contributed by atoms with van der Waals surface area (Å²) in [7, 11) is 2.98. The van der Waals surface area contributed by atoms with Crippen LogP contribution < -0.4 is 9.64 Å². The van der Waals surface area contributed by atoms with Crippen LogP contribution in [0.5, 0.6) is 11.8 Å². The first kappa shape index (κ1) is 30.8. The van der Waals surface area contributed by atoms with E-state index >= 15 is 4.39 Å². The van der Waals surface area contributed by atoms with E-state index in [1.807, 2.05) is 4.90 Å². The minimum absolute atomic E-state index is 0.0349. The van der Waals surface area contributed by atoms with Crippen LogP contribution in [0.4, 0.5) is 19.0 Å². The van der Waals surface area contributed by atoms with E-state index in [9.17, 15) is 13.9 Å². The molecular weight excluding hydrogens is 587 g/mol. The van der Waals surface area contributed by atoms with Crippen molar-refractivity contribution in [2.24, 2.45) is 0 Å². The van der Waals surface area contributed by atoms with Crippen molar-refractivity contribution in [3.05, 3.63) is 47.7 Å². The van der Waals surface area contributed by atoms with Gasteiger partial charge in [0.05, 0.1) is 43.9 Å². The summed E-state index contributed by atoms with van der Waals surface area (Å²) < 4.78 is 59.5. The number of aromatic hydroxyl groups is 1. The lowest BCUT2D eigenvalue weighted by Gasteiger charge is -2.36. The quantitative estimate of drug-likeness (QED) is 0.314. The first-order chi connectivity index (χ1) is 21.8. The largest absolute Gasteiger partial charge is 0.508 e. The molecule has 0 saturated carbocycles. The summed E-state index contributed by atoms with van der Waals surface area (Å²) in [4.78, 5) is 17.3. The number of alkyl halides is 1. The van der Waals surface area contributed by atoms with Gasteiger partial charge in [-0.25, -0.2) is 13.2 Å². The second kappa shape index (κ2) is 13.0. The van der Waals surface area contributed by atoms with E-state index in [0.29, 0.717) is 55.5 Å². The number of morpholine rings is 1. The van der Waals surface area contributed by atoms with Crippen LogP contribution >= 0.6 is 0 Å². The van der Waals surface area contributed by atoms with E-state index in [4.69, 9.17) is 20.6 Å². The predicted molar refractivity (Wildman–Crippen MR) is 164 cm³/mol. The van der Waals surface area contributed by atoms with Crippen LogP contribution in [-0.4, -0.2) is 96.9 Å². The van der Waals surface area contributed by atoms with Crippen molar-refractivity contribution >= 4 is 27.5 Å². The summed E-state index contributed by atoms with van der Waals surface area (Å²) in [5, 5.41) is 11.4. The van der Waals surface area contributed by atoms with Gasteiger partial charge in [0.2, 0.25) is 0 Å². The first-order valence-corrected chi connectivity index (χ1v) is 14.9. The maximum atomic E-state index is 16.2. The lowest BCUT2D eigenvalue weighted by atomic mass is 9.96. The van der Waals surface area contributed by atoms with Crippen LogP contribution in [0.25, 0.3) is 32.9 Å². The molecule has 0 aliphatic carbocycles. The van der Waals surface area contributed by atoms with E-state index in [2.05, 4.69) is 25.8 Å². The van der Waals surface area contributed by atoms with Crippen molar-refractivity contribution in [2.45, 2.75) is 37.5 Å². The summed E-state index contributed by atoms with van der Waals surface area (Å²) in [6.07, 6.45) is 9.84. The van der Waals surface area contributed by atoms with Crippen LogP contribution in [0.1, 0.15) is 24.8 Å². The minimum Gasteiger partial charge on any atom is -0.508 e. The molecule has 0 amide bonds. The Morgan fingerprint density at radius 3 is 2.78 bits per heavy atom. The number of phenolic OH excluding ortho intramolecular Hbond substituents is 1. The fourth-order valence-electron chi connectivity index (χ4n) is 6.56. The highest BCUT2D eigenvalue weighted by Crippen LogP contribution is 2.39. The van der Waals surface area contributed by atoms with Crippen molar-refractivity contribution in [1.82, 2.24) is 19.9 Å². The summed E-state index contributed by atoms with van der Waals surface area (Å²) in [5.74, 6) is 1.18. The Hall–Kier alpha value is -4.18. The minimum atomic E-state index is -0.787. The highest BCUT2D eigenvalue weighted by atomic mass is 19.1. The van der Waals surface area contributed by atoms with Crippen molar-refractivity contribution in [3.63, 3.8) is 0 Å². The van der Waals surface area contributed by atoms with Gasteiger partial charge >= 0.3 is 6.01 Å². The molecular formula is C33H34F3N5O4. The molecule has 3 unspecified atom stereocenters. The van der Waals surface area contributed by atoms with Crippen molar-refractivity contribution in [1.29, 1.82) is 0 Å². The SMILES string of the molecule is C#Cc1c(F)ccc2cc(O)cc(-c3ncc4c(N5CCOCC5COC)nc(OC)nc4c3F)c12.FC1CC2CCCN2C1. The molecule has 3 fully saturated rings. The average Bonchev–Trinajstić information content (AvgIpc) is 3.62. The van der Waals surface area contributed by atoms with Gasteiger partial charge in [0.1, 0.15) is 34.8 Å². The lowest BCUT2D eigenvalue weighted by Crippen LogP contribution is -2.48. The number of hydrogen-bond donors (Lipinski definition) is 1. The molecule has 236 valence electrons. The number of terminal acetylenes is 1. The number of hydrogen-bond acceptors (Lipinski definition) is 9. The number of phenols is 1. The van der Waals surface area contributed by atoms with Crippen LogP contribution in [-0.2, 0) is 9.47 Å². The zero-order valence-electron chi connectivity index (χ0n) is 25.1. The normalized spacial score (nSPS) is 21.4. The molecule has 3 aliphatic heterocycles. The number of fused-ring (bicyclic) bond motifs is 3. The van der Waals surface area contributed by atoms with Gasteiger partial charge in [0.25, 0.3) is 0 Å². The highest BCUT2D eigenvalue weighted by Gasteiger charge is 2.35. The zero-order valence-corrected chi connectivity index (χ0v) is 25.1. The number of nitrogens with zero attached hydrogens (tertiary/aromatic N) is 5. The molecule has 1 N–H and O–H groups in total. The van der Waals surface area contributed by atoms with Gasteiger partial charge in [-0.15, -0.1) is 6.42 Å². The van der Waals surface area contributed by atoms with Crippen molar-refractivity contribution in [2.75, 3.05) is 58.6 Å².